The van der Waals surface area contributed by atoms with Crippen LogP contribution >= 0.6 is 0 Å². The average Bonchev–Trinajstić information content (AvgIpc) is 2.37. The summed E-state index contributed by atoms with van der Waals surface area (Å²) in [5.74, 6) is 1.59. The highest BCUT2D eigenvalue weighted by molar-refractivity contribution is 5.42. The Bertz CT molecular complexity index is 380. The van der Waals surface area contributed by atoms with Crippen LogP contribution in [-0.2, 0) is 6.42 Å². The van der Waals surface area contributed by atoms with E-state index in [9.17, 15) is 0 Å². The number of ether oxygens (including phenoxy) is 2. The first-order chi connectivity index (χ1) is 8.99. The monoisotopic (exact) mass is 265 g/mol. The lowest BCUT2D eigenvalue weighted by atomic mass is 10.1. The van der Waals surface area contributed by atoms with E-state index in [1.165, 1.54) is 5.56 Å². The lowest BCUT2D eigenvalue weighted by Crippen LogP contribution is -2.38. The molecule has 0 aliphatic carbocycles. The molecule has 0 fully saturated rings. The minimum absolute atomic E-state index is 0.570. The smallest absolute Gasteiger partial charge is 0.160 e. The Labute approximate surface area is 117 Å². The highest BCUT2D eigenvalue weighted by atomic mass is 16.5. The molecule has 0 N–H and O–H groups in total. The molecular weight excluding hydrogens is 238 g/mol. The largest absolute Gasteiger partial charge is 0.493 e. The molecule has 0 bridgehead atoms. The van der Waals surface area contributed by atoms with Gasteiger partial charge in [0.1, 0.15) is 0 Å². The predicted octanol–water partition coefficient (Wildman–Crippen LogP) is 3.37. The van der Waals surface area contributed by atoms with Crippen molar-refractivity contribution in [1.82, 2.24) is 4.90 Å². The molecular formula is C16H27NO2. The van der Waals surface area contributed by atoms with Crippen molar-refractivity contribution in [3.63, 3.8) is 0 Å². The quantitative estimate of drug-likeness (QED) is 0.754. The van der Waals surface area contributed by atoms with Gasteiger partial charge < -0.3 is 9.47 Å². The predicted molar refractivity (Wildman–Crippen MR) is 80.2 cm³/mol. The zero-order valence-corrected chi connectivity index (χ0v) is 13.1. The van der Waals surface area contributed by atoms with E-state index < -0.39 is 0 Å². The van der Waals surface area contributed by atoms with Crippen LogP contribution in [0.4, 0.5) is 0 Å². The Hall–Kier alpha value is -1.22. The molecule has 1 rings (SSSR count). The van der Waals surface area contributed by atoms with Crippen LogP contribution in [0.2, 0.25) is 0 Å². The Balaban J connectivity index is 2.72. The maximum atomic E-state index is 5.34. The van der Waals surface area contributed by atoms with E-state index in [1.807, 2.05) is 6.07 Å². The lowest BCUT2D eigenvalue weighted by Gasteiger charge is -2.30. The molecule has 0 amide bonds. The number of rotatable bonds is 7. The first-order valence-electron chi connectivity index (χ1n) is 6.96. The molecule has 3 nitrogen and oxygen atoms in total. The zero-order valence-electron chi connectivity index (χ0n) is 13.1. The summed E-state index contributed by atoms with van der Waals surface area (Å²) in [5.41, 5.74) is 1.28. The van der Waals surface area contributed by atoms with Gasteiger partial charge in [-0.3, -0.25) is 4.90 Å². The van der Waals surface area contributed by atoms with Gasteiger partial charge in [-0.25, -0.2) is 0 Å². The summed E-state index contributed by atoms with van der Waals surface area (Å²) >= 11 is 0. The Kier molecular flexibility index (Phi) is 6.16. The molecule has 0 aliphatic rings. The second-order valence-electron chi connectivity index (χ2n) is 5.36. The fraction of sp³-hybridized carbons (Fsp3) is 0.625. The van der Waals surface area contributed by atoms with E-state index in [4.69, 9.17) is 9.47 Å². The Morgan fingerprint density at radius 1 is 0.947 bits per heavy atom. The minimum atomic E-state index is 0.570. The molecule has 1 aromatic carbocycles. The first-order valence-corrected chi connectivity index (χ1v) is 6.96. The van der Waals surface area contributed by atoms with Crippen molar-refractivity contribution in [1.29, 1.82) is 0 Å². The van der Waals surface area contributed by atoms with Crippen molar-refractivity contribution in [3.05, 3.63) is 23.8 Å². The van der Waals surface area contributed by atoms with Gasteiger partial charge in [-0.1, -0.05) is 6.07 Å². The maximum absolute atomic E-state index is 5.34. The van der Waals surface area contributed by atoms with E-state index in [0.717, 1.165) is 24.5 Å². The first kappa shape index (κ1) is 15.8. The third kappa shape index (κ3) is 4.43. The number of nitrogens with zero attached hydrogens (tertiary/aromatic N) is 1. The molecule has 3 heteroatoms. The number of hydrogen-bond donors (Lipinski definition) is 0. The number of hydrogen-bond acceptors (Lipinski definition) is 3. The molecule has 0 saturated carbocycles. The molecule has 0 unspecified atom stereocenters. The second-order valence-corrected chi connectivity index (χ2v) is 5.36. The van der Waals surface area contributed by atoms with Gasteiger partial charge in [0.05, 0.1) is 14.2 Å². The van der Waals surface area contributed by atoms with Crippen molar-refractivity contribution in [2.75, 3.05) is 20.8 Å². The molecule has 19 heavy (non-hydrogen) atoms. The van der Waals surface area contributed by atoms with Gasteiger partial charge in [0, 0.05) is 18.6 Å². The fourth-order valence-corrected chi connectivity index (χ4v) is 2.41. The van der Waals surface area contributed by atoms with Gasteiger partial charge in [-0.05, 0) is 51.8 Å². The molecule has 0 atom stereocenters. The van der Waals surface area contributed by atoms with Crippen LogP contribution in [-0.4, -0.2) is 37.7 Å². The minimum Gasteiger partial charge on any atom is -0.493 e. The molecule has 0 radical (unpaired) electrons. The summed E-state index contributed by atoms with van der Waals surface area (Å²) < 4.78 is 10.6. The van der Waals surface area contributed by atoms with Crippen molar-refractivity contribution in [2.45, 2.75) is 46.2 Å². The van der Waals surface area contributed by atoms with Crippen LogP contribution in [0.3, 0.4) is 0 Å². The molecule has 0 aliphatic heterocycles. The van der Waals surface area contributed by atoms with Crippen LogP contribution in [0.5, 0.6) is 11.5 Å². The highest BCUT2D eigenvalue weighted by Crippen LogP contribution is 2.27. The molecule has 1 aromatic rings. The van der Waals surface area contributed by atoms with E-state index in [-0.39, 0.29) is 0 Å². The second kappa shape index (κ2) is 7.39. The van der Waals surface area contributed by atoms with Crippen molar-refractivity contribution in [2.24, 2.45) is 0 Å². The number of methoxy groups -OCH3 is 2. The summed E-state index contributed by atoms with van der Waals surface area (Å²) in [5, 5.41) is 0. The summed E-state index contributed by atoms with van der Waals surface area (Å²) in [6.45, 7) is 10.0. The normalized spacial score (nSPS) is 11.4. The van der Waals surface area contributed by atoms with E-state index in [0.29, 0.717) is 12.1 Å². The van der Waals surface area contributed by atoms with Gasteiger partial charge in [0.2, 0.25) is 0 Å². The van der Waals surface area contributed by atoms with Crippen molar-refractivity contribution in [3.8, 4) is 11.5 Å². The molecule has 108 valence electrons. The lowest BCUT2D eigenvalue weighted by molar-refractivity contribution is 0.177. The van der Waals surface area contributed by atoms with Crippen LogP contribution < -0.4 is 9.47 Å². The van der Waals surface area contributed by atoms with Gasteiger partial charge in [-0.2, -0.15) is 0 Å². The van der Waals surface area contributed by atoms with Crippen LogP contribution in [0, 0.1) is 0 Å². The fourth-order valence-electron chi connectivity index (χ4n) is 2.41. The Morgan fingerprint density at radius 3 is 2.00 bits per heavy atom. The summed E-state index contributed by atoms with van der Waals surface area (Å²) in [7, 11) is 3.34. The van der Waals surface area contributed by atoms with E-state index in [1.54, 1.807) is 14.2 Å². The molecule has 0 spiro atoms. The number of benzene rings is 1. The van der Waals surface area contributed by atoms with Gasteiger partial charge >= 0.3 is 0 Å². The van der Waals surface area contributed by atoms with E-state index in [2.05, 4.69) is 44.7 Å². The molecule has 0 saturated heterocycles. The summed E-state index contributed by atoms with van der Waals surface area (Å²) in [6, 6.07) is 7.29. The zero-order chi connectivity index (χ0) is 14.4. The van der Waals surface area contributed by atoms with Crippen LogP contribution in [0.25, 0.3) is 0 Å². The third-order valence-electron chi connectivity index (χ3n) is 3.43. The third-order valence-corrected chi connectivity index (χ3v) is 3.43. The summed E-state index contributed by atoms with van der Waals surface area (Å²) in [6.07, 6.45) is 1.02. The van der Waals surface area contributed by atoms with Crippen molar-refractivity contribution >= 4 is 0 Å². The average molecular weight is 265 g/mol. The van der Waals surface area contributed by atoms with Gasteiger partial charge in [-0.15, -0.1) is 0 Å². The standard InChI is InChI=1S/C16H27NO2/c1-12(2)17(13(3)4)10-9-14-7-8-15(18-5)16(11-14)19-6/h7-8,11-13H,9-10H2,1-6H3. The van der Waals surface area contributed by atoms with Gasteiger partial charge in [0.25, 0.3) is 0 Å². The van der Waals surface area contributed by atoms with E-state index >= 15 is 0 Å². The maximum Gasteiger partial charge on any atom is 0.160 e. The van der Waals surface area contributed by atoms with Gasteiger partial charge in [0.15, 0.2) is 11.5 Å². The van der Waals surface area contributed by atoms with Crippen LogP contribution in [0.1, 0.15) is 33.3 Å². The summed E-state index contributed by atoms with van der Waals surface area (Å²) in [4.78, 5) is 2.50. The topological polar surface area (TPSA) is 21.7 Å². The van der Waals surface area contributed by atoms with Crippen LogP contribution in [0.15, 0.2) is 18.2 Å². The Morgan fingerprint density at radius 2 is 1.53 bits per heavy atom. The SMILES string of the molecule is COc1ccc(CCN(C(C)C)C(C)C)cc1OC. The molecule has 0 aromatic heterocycles. The van der Waals surface area contributed by atoms with Crippen molar-refractivity contribution < 1.29 is 9.47 Å². The highest BCUT2D eigenvalue weighted by Gasteiger charge is 2.13. The molecule has 0 heterocycles.